The Kier molecular flexibility index (Phi) is 15.0. The molecule has 0 aliphatic rings. The minimum Gasteiger partial charge on any atom is -0.463 e. The first-order chi connectivity index (χ1) is 16.8. The third-order valence-corrected chi connectivity index (χ3v) is 5.76. The second-order valence-corrected chi connectivity index (χ2v) is 9.14. The van der Waals surface area contributed by atoms with Gasteiger partial charge in [0, 0.05) is 12.8 Å². The van der Waals surface area contributed by atoms with Crippen molar-refractivity contribution in [3.05, 3.63) is 61.2 Å². The van der Waals surface area contributed by atoms with Gasteiger partial charge in [0.2, 0.25) is 11.8 Å². The molecular formula is C28H42N2O5. The Bertz CT molecular complexity index is 794. The van der Waals surface area contributed by atoms with Crippen molar-refractivity contribution in [1.29, 1.82) is 0 Å². The Hall–Kier alpha value is -2.93. The number of aliphatic hydroxyl groups excluding tert-OH is 1. The first-order valence-electron chi connectivity index (χ1n) is 12.4. The lowest BCUT2D eigenvalue weighted by atomic mass is 9.97. The Labute approximate surface area is 210 Å². The molecule has 0 aromatic heterocycles. The maximum Gasteiger partial charge on any atom is 0.305 e. The molecule has 0 saturated heterocycles. The molecule has 7 nitrogen and oxygen atoms in total. The lowest BCUT2D eigenvalue weighted by molar-refractivity contribution is -0.145. The van der Waals surface area contributed by atoms with Gasteiger partial charge in [-0.3, -0.25) is 14.4 Å². The fourth-order valence-electron chi connectivity index (χ4n) is 3.57. The highest BCUT2D eigenvalue weighted by molar-refractivity contribution is 5.86. The summed E-state index contributed by atoms with van der Waals surface area (Å²) in [5, 5.41) is 15.5. The number of unbranched alkanes of at least 4 members (excludes halogenated alkanes) is 2. The summed E-state index contributed by atoms with van der Waals surface area (Å²) in [5.41, 5.74) is 1.00. The number of esters is 1. The van der Waals surface area contributed by atoms with E-state index >= 15 is 0 Å². The van der Waals surface area contributed by atoms with Crippen LogP contribution in [0, 0.1) is 11.8 Å². The van der Waals surface area contributed by atoms with Crippen molar-refractivity contribution < 1.29 is 24.2 Å². The van der Waals surface area contributed by atoms with E-state index in [4.69, 9.17) is 4.74 Å². The summed E-state index contributed by atoms with van der Waals surface area (Å²) in [7, 11) is 0. The Morgan fingerprint density at radius 2 is 1.77 bits per heavy atom. The molecule has 0 spiro atoms. The first kappa shape index (κ1) is 30.1. The summed E-state index contributed by atoms with van der Waals surface area (Å²) in [6.45, 7) is 11.1. The van der Waals surface area contributed by atoms with Crippen molar-refractivity contribution in [3.63, 3.8) is 0 Å². The normalized spacial score (nSPS) is 13.4. The van der Waals surface area contributed by atoms with Gasteiger partial charge in [-0.2, -0.15) is 0 Å². The van der Waals surface area contributed by atoms with Crippen molar-refractivity contribution in [2.45, 2.75) is 70.9 Å². The molecule has 0 aliphatic carbocycles. The topological polar surface area (TPSA) is 105 Å². The number of carbonyl (C=O) groups excluding carboxylic acids is 3. The molecule has 1 aromatic carbocycles. The standard InChI is InChI=1S/C28H42N2O5/c1-5-7-8-12-16-27(33)35-20-25(21(3)4)30-28(34)23(13-6-2)18-26(32)29-24(19-31)17-22-14-10-9-11-15-22/h5-6,9-11,14-15,21,23-25,31H,1-2,7-8,12-13,16-20H2,3-4H3,(H,29,32)(H,30,34)/t23-,24+,25-/m1/s1. The third-order valence-electron chi connectivity index (χ3n) is 5.76. The zero-order valence-corrected chi connectivity index (χ0v) is 21.2. The molecule has 194 valence electrons. The highest BCUT2D eigenvalue weighted by Crippen LogP contribution is 2.13. The van der Waals surface area contributed by atoms with Gasteiger partial charge in [-0.25, -0.2) is 0 Å². The molecule has 0 bridgehead atoms. The van der Waals surface area contributed by atoms with E-state index in [0.717, 1.165) is 24.8 Å². The number of hydrogen-bond donors (Lipinski definition) is 3. The van der Waals surface area contributed by atoms with Crippen molar-refractivity contribution >= 4 is 17.8 Å². The van der Waals surface area contributed by atoms with Gasteiger partial charge in [0.1, 0.15) is 6.61 Å². The zero-order valence-electron chi connectivity index (χ0n) is 21.2. The lowest BCUT2D eigenvalue weighted by Crippen LogP contribution is -2.46. The van der Waals surface area contributed by atoms with E-state index in [0.29, 0.717) is 19.3 Å². The Morgan fingerprint density at radius 3 is 2.37 bits per heavy atom. The van der Waals surface area contributed by atoms with E-state index in [1.54, 1.807) is 6.08 Å². The summed E-state index contributed by atoms with van der Waals surface area (Å²) >= 11 is 0. The molecular weight excluding hydrogens is 444 g/mol. The number of ether oxygens (including phenoxy) is 1. The van der Waals surface area contributed by atoms with Crippen LogP contribution in [-0.4, -0.2) is 48.2 Å². The number of amides is 2. The average Bonchev–Trinajstić information content (AvgIpc) is 2.84. The highest BCUT2D eigenvalue weighted by Gasteiger charge is 2.26. The number of rotatable bonds is 18. The van der Waals surface area contributed by atoms with E-state index in [-0.39, 0.29) is 49.4 Å². The van der Waals surface area contributed by atoms with Crippen LogP contribution >= 0.6 is 0 Å². The quantitative estimate of drug-likeness (QED) is 0.167. The molecule has 7 heteroatoms. The van der Waals surface area contributed by atoms with Crippen LogP contribution in [0.25, 0.3) is 0 Å². The van der Waals surface area contributed by atoms with Crippen LogP contribution in [0.5, 0.6) is 0 Å². The Morgan fingerprint density at radius 1 is 1.06 bits per heavy atom. The number of nitrogens with one attached hydrogen (secondary N) is 2. The van der Waals surface area contributed by atoms with Crippen LogP contribution in [0.3, 0.4) is 0 Å². The second-order valence-electron chi connectivity index (χ2n) is 9.14. The van der Waals surface area contributed by atoms with Gasteiger partial charge in [0.25, 0.3) is 0 Å². The van der Waals surface area contributed by atoms with Gasteiger partial charge in [-0.1, -0.05) is 56.3 Å². The number of allylic oxidation sites excluding steroid dienone is 2. The van der Waals surface area contributed by atoms with Gasteiger partial charge in [-0.15, -0.1) is 13.2 Å². The molecule has 0 unspecified atom stereocenters. The van der Waals surface area contributed by atoms with Crippen LogP contribution in [0.1, 0.15) is 57.9 Å². The van der Waals surface area contributed by atoms with Gasteiger partial charge >= 0.3 is 5.97 Å². The number of carbonyl (C=O) groups is 3. The van der Waals surface area contributed by atoms with Gasteiger partial charge in [0.05, 0.1) is 24.6 Å². The first-order valence-corrected chi connectivity index (χ1v) is 12.4. The monoisotopic (exact) mass is 486 g/mol. The van der Waals surface area contributed by atoms with Crippen LogP contribution in [0.2, 0.25) is 0 Å². The molecule has 0 saturated carbocycles. The maximum atomic E-state index is 13.0. The molecule has 0 heterocycles. The molecule has 2 amide bonds. The second kappa shape index (κ2) is 17.5. The fourth-order valence-corrected chi connectivity index (χ4v) is 3.57. The summed E-state index contributed by atoms with van der Waals surface area (Å²) < 4.78 is 5.38. The van der Waals surface area contributed by atoms with E-state index in [2.05, 4.69) is 23.8 Å². The number of aliphatic hydroxyl groups is 1. The molecule has 3 N–H and O–H groups in total. The Balaban J connectivity index is 2.62. The molecule has 0 radical (unpaired) electrons. The number of hydrogen-bond acceptors (Lipinski definition) is 5. The van der Waals surface area contributed by atoms with Gasteiger partial charge in [0.15, 0.2) is 0 Å². The van der Waals surface area contributed by atoms with E-state index in [1.165, 1.54) is 0 Å². The maximum absolute atomic E-state index is 13.0. The zero-order chi connectivity index (χ0) is 26.1. The summed E-state index contributed by atoms with van der Waals surface area (Å²) in [5.74, 6) is -1.46. The molecule has 1 aromatic rings. The molecule has 35 heavy (non-hydrogen) atoms. The largest absolute Gasteiger partial charge is 0.463 e. The predicted octanol–water partition coefficient (Wildman–Crippen LogP) is 3.72. The minimum atomic E-state index is -0.612. The van der Waals surface area contributed by atoms with Crippen molar-refractivity contribution in [1.82, 2.24) is 10.6 Å². The summed E-state index contributed by atoms with van der Waals surface area (Å²) in [6.07, 6.45) is 7.04. The molecule has 1 rings (SSSR count). The summed E-state index contributed by atoms with van der Waals surface area (Å²) in [6, 6.07) is 8.78. The van der Waals surface area contributed by atoms with Crippen molar-refractivity contribution in [2.24, 2.45) is 11.8 Å². The van der Waals surface area contributed by atoms with Crippen LogP contribution < -0.4 is 10.6 Å². The van der Waals surface area contributed by atoms with Crippen LogP contribution in [0.15, 0.2) is 55.6 Å². The molecule has 0 aliphatic heterocycles. The highest BCUT2D eigenvalue weighted by atomic mass is 16.5. The smallest absolute Gasteiger partial charge is 0.305 e. The van der Waals surface area contributed by atoms with E-state index < -0.39 is 12.0 Å². The van der Waals surface area contributed by atoms with Gasteiger partial charge in [-0.05, 0) is 43.6 Å². The average molecular weight is 487 g/mol. The van der Waals surface area contributed by atoms with Crippen LogP contribution in [0.4, 0.5) is 0 Å². The van der Waals surface area contributed by atoms with Crippen molar-refractivity contribution in [3.8, 4) is 0 Å². The van der Waals surface area contributed by atoms with E-state index in [9.17, 15) is 19.5 Å². The summed E-state index contributed by atoms with van der Waals surface area (Å²) in [4.78, 5) is 37.7. The van der Waals surface area contributed by atoms with E-state index in [1.807, 2.05) is 50.3 Å². The predicted molar refractivity (Wildman–Crippen MR) is 138 cm³/mol. The fraction of sp³-hybridized carbons (Fsp3) is 0.536. The lowest BCUT2D eigenvalue weighted by Gasteiger charge is -2.25. The van der Waals surface area contributed by atoms with Gasteiger partial charge < -0.3 is 20.5 Å². The number of benzene rings is 1. The van der Waals surface area contributed by atoms with Crippen LogP contribution in [-0.2, 0) is 25.5 Å². The minimum absolute atomic E-state index is 0.0307. The molecule has 3 atom stereocenters. The molecule has 0 fully saturated rings. The SMILES string of the molecule is C=CCCCCC(=O)OC[C@@H](NC(=O)[C@H](CC=C)CC(=O)N[C@H](CO)Cc1ccccc1)C(C)C. The third kappa shape index (κ3) is 12.9. The van der Waals surface area contributed by atoms with Crippen molar-refractivity contribution in [2.75, 3.05) is 13.2 Å².